The van der Waals surface area contributed by atoms with E-state index in [1.54, 1.807) is 12.1 Å². The van der Waals surface area contributed by atoms with Crippen molar-refractivity contribution in [2.24, 2.45) is 23.7 Å². The number of ether oxygens (including phenoxy) is 2. The lowest BCUT2D eigenvalue weighted by atomic mass is 9.71. The summed E-state index contributed by atoms with van der Waals surface area (Å²) in [7, 11) is 0. The van der Waals surface area contributed by atoms with Gasteiger partial charge in [0.05, 0.1) is 19.3 Å². The highest BCUT2D eigenvalue weighted by molar-refractivity contribution is 5.33. The molecule has 2 nitrogen and oxygen atoms in total. The van der Waals surface area contributed by atoms with E-state index in [0.29, 0.717) is 30.1 Å². The van der Waals surface area contributed by atoms with Crippen LogP contribution < -0.4 is 4.74 Å². The molecule has 0 amide bonds. The molecule has 1 heterocycles. The minimum atomic E-state index is -0.823. The number of halogens is 2. The van der Waals surface area contributed by atoms with Crippen LogP contribution in [0.2, 0.25) is 0 Å². The summed E-state index contributed by atoms with van der Waals surface area (Å²) in [6.45, 7) is 5.37. The van der Waals surface area contributed by atoms with Crippen molar-refractivity contribution in [1.82, 2.24) is 0 Å². The summed E-state index contributed by atoms with van der Waals surface area (Å²) in [5.74, 6) is 1.59. The predicted molar refractivity (Wildman–Crippen MR) is 139 cm³/mol. The molecule has 1 saturated heterocycles. The Labute approximate surface area is 211 Å². The molecule has 3 aliphatic rings. The molecule has 0 bridgehead atoms. The Morgan fingerprint density at radius 3 is 2.26 bits per heavy atom. The van der Waals surface area contributed by atoms with Crippen LogP contribution in [0.4, 0.5) is 8.78 Å². The van der Waals surface area contributed by atoms with Crippen LogP contribution in [-0.4, -0.2) is 19.3 Å². The fourth-order valence-corrected chi connectivity index (χ4v) is 6.97. The number of hydrogen-bond donors (Lipinski definition) is 0. The highest BCUT2D eigenvalue weighted by atomic mass is 19.2. The van der Waals surface area contributed by atoms with Gasteiger partial charge in [-0.3, -0.25) is 0 Å². The zero-order valence-corrected chi connectivity index (χ0v) is 22.0. The summed E-state index contributed by atoms with van der Waals surface area (Å²) >= 11 is 0. The van der Waals surface area contributed by atoms with Crippen molar-refractivity contribution < 1.29 is 18.3 Å². The van der Waals surface area contributed by atoms with Gasteiger partial charge < -0.3 is 9.47 Å². The van der Waals surface area contributed by atoms with Gasteiger partial charge in [0, 0.05) is 0 Å². The van der Waals surface area contributed by atoms with Gasteiger partial charge in [-0.25, -0.2) is 4.39 Å². The molecule has 1 aromatic rings. The molecule has 0 radical (unpaired) electrons. The zero-order valence-electron chi connectivity index (χ0n) is 22.0. The average Bonchev–Trinajstić information content (AvgIpc) is 2.90. The van der Waals surface area contributed by atoms with Crippen molar-refractivity contribution in [2.45, 2.75) is 109 Å². The van der Waals surface area contributed by atoms with E-state index in [-0.39, 0.29) is 11.7 Å². The van der Waals surface area contributed by atoms with Crippen LogP contribution in [0.3, 0.4) is 0 Å². The Kier molecular flexibility index (Phi) is 10.1. The minimum absolute atomic E-state index is 0.0397. The quantitative estimate of drug-likeness (QED) is 0.323. The van der Waals surface area contributed by atoms with Crippen molar-refractivity contribution in [2.75, 3.05) is 13.2 Å². The third-order valence-electron chi connectivity index (χ3n) is 9.16. The van der Waals surface area contributed by atoms with Gasteiger partial charge in [-0.2, -0.15) is 4.39 Å². The lowest BCUT2D eigenvalue weighted by molar-refractivity contribution is -0.0732. The van der Waals surface area contributed by atoms with Gasteiger partial charge in [-0.05, 0) is 119 Å². The van der Waals surface area contributed by atoms with E-state index in [4.69, 9.17) is 9.47 Å². The lowest BCUT2D eigenvalue weighted by Crippen LogP contribution is -2.37. The van der Waals surface area contributed by atoms with Gasteiger partial charge in [-0.1, -0.05) is 38.0 Å². The molecule has 4 heteroatoms. The Bertz CT molecular complexity index is 798. The first kappa shape index (κ1) is 26.6. The third kappa shape index (κ3) is 6.87. The maximum absolute atomic E-state index is 14.8. The molecule has 2 aliphatic carbocycles. The number of rotatable bonds is 9. The lowest BCUT2D eigenvalue weighted by Gasteiger charge is -2.41. The second kappa shape index (κ2) is 13.2. The molecule has 3 fully saturated rings. The van der Waals surface area contributed by atoms with Crippen molar-refractivity contribution >= 4 is 0 Å². The molecule has 2 saturated carbocycles. The standard InChI is InChI=1S/C31H46F2O2/c1-3-5-6-7-22-8-10-25(11-9-22)28-18-16-26(21-35-28)23-12-14-24(15-13-23)27-17-19-29(34-20-4-2)31(33)30(27)32/h3,5,17,19,22-26,28H,4,6-16,18,20-21H2,1-2H3. The zero-order chi connectivity index (χ0) is 24.6. The molecule has 1 aliphatic heterocycles. The summed E-state index contributed by atoms with van der Waals surface area (Å²) in [6.07, 6.45) is 20.3. The summed E-state index contributed by atoms with van der Waals surface area (Å²) in [6, 6.07) is 3.36. The van der Waals surface area contributed by atoms with E-state index in [9.17, 15) is 8.78 Å². The van der Waals surface area contributed by atoms with Crippen LogP contribution in [0.25, 0.3) is 0 Å². The summed E-state index contributed by atoms with van der Waals surface area (Å²) in [5.41, 5.74) is 0.533. The van der Waals surface area contributed by atoms with Crippen molar-refractivity contribution in [3.8, 4) is 5.75 Å². The third-order valence-corrected chi connectivity index (χ3v) is 9.16. The Morgan fingerprint density at radius 2 is 1.60 bits per heavy atom. The van der Waals surface area contributed by atoms with Gasteiger partial charge in [0.2, 0.25) is 5.82 Å². The fourth-order valence-electron chi connectivity index (χ4n) is 6.97. The SMILES string of the molecule is CC=CCCC1CCC(C2CCC(C3CCC(c4ccc(OCCC)c(F)c4F)CC3)CO2)CC1. The maximum atomic E-state index is 14.8. The monoisotopic (exact) mass is 488 g/mol. The first-order valence-corrected chi connectivity index (χ1v) is 14.4. The van der Waals surface area contributed by atoms with Crippen LogP contribution in [0.1, 0.15) is 109 Å². The van der Waals surface area contributed by atoms with E-state index in [1.165, 1.54) is 51.4 Å². The number of allylic oxidation sites excluding steroid dienone is 2. The summed E-state index contributed by atoms with van der Waals surface area (Å²) < 4.78 is 41.1. The molecule has 1 aromatic carbocycles. The van der Waals surface area contributed by atoms with Gasteiger partial charge >= 0.3 is 0 Å². The van der Waals surface area contributed by atoms with E-state index in [1.807, 2.05) is 6.92 Å². The second-order valence-electron chi connectivity index (χ2n) is 11.4. The van der Waals surface area contributed by atoms with Gasteiger partial charge in [0.1, 0.15) is 0 Å². The Morgan fingerprint density at radius 1 is 0.886 bits per heavy atom. The second-order valence-corrected chi connectivity index (χ2v) is 11.4. The molecule has 35 heavy (non-hydrogen) atoms. The van der Waals surface area contributed by atoms with E-state index >= 15 is 0 Å². The molecule has 196 valence electrons. The largest absolute Gasteiger partial charge is 0.490 e. The van der Waals surface area contributed by atoms with Crippen LogP contribution in [0.5, 0.6) is 5.75 Å². The summed E-state index contributed by atoms with van der Waals surface area (Å²) in [5, 5.41) is 0. The highest BCUT2D eigenvalue weighted by Gasteiger charge is 2.36. The smallest absolute Gasteiger partial charge is 0.200 e. The van der Waals surface area contributed by atoms with Crippen molar-refractivity contribution in [3.63, 3.8) is 0 Å². The molecule has 0 aromatic heterocycles. The van der Waals surface area contributed by atoms with Gasteiger partial charge in [-0.15, -0.1) is 0 Å². The van der Waals surface area contributed by atoms with E-state index in [2.05, 4.69) is 19.1 Å². The van der Waals surface area contributed by atoms with Crippen LogP contribution >= 0.6 is 0 Å². The van der Waals surface area contributed by atoms with Gasteiger partial charge in [0.25, 0.3) is 0 Å². The van der Waals surface area contributed by atoms with E-state index < -0.39 is 11.6 Å². The maximum Gasteiger partial charge on any atom is 0.200 e. The first-order valence-electron chi connectivity index (χ1n) is 14.4. The molecule has 0 N–H and O–H groups in total. The van der Waals surface area contributed by atoms with Crippen LogP contribution in [-0.2, 0) is 4.74 Å². The predicted octanol–water partition coefficient (Wildman–Crippen LogP) is 8.99. The molecule has 4 rings (SSSR count). The minimum Gasteiger partial charge on any atom is -0.490 e. The van der Waals surface area contributed by atoms with Crippen molar-refractivity contribution in [1.29, 1.82) is 0 Å². The van der Waals surface area contributed by atoms with E-state index in [0.717, 1.165) is 50.5 Å². The fraction of sp³-hybridized carbons (Fsp3) is 0.742. The van der Waals surface area contributed by atoms with Crippen molar-refractivity contribution in [3.05, 3.63) is 41.5 Å². The molecule has 2 unspecified atom stereocenters. The Hall–Kier alpha value is -1.42. The van der Waals surface area contributed by atoms with Crippen LogP contribution in [0, 0.1) is 35.3 Å². The Balaban J connectivity index is 1.20. The topological polar surface area (TPSA) is 18.5 Å². The summed E-state index contributed by atoms with van der Waals surface area (Å²) in [4.78, 5) is 0. The van der Waals surface area contributed by atoms with Crippen LogP contribution in [0.15, 0.2) is 24.3 Å². The number of hydrogen-bond acceptors (Lipinski definition) is 2. The molecule has 2 atom stereocenters. The first-order chi connectivity index (χ1) is 17.1. The highest BCUT2D eigenvalue weighted by Crippen LogP contribution is 2.44. The average molecular weight is 489 g/mol. The molecular weight excluding hydrogens is 442 g/mol. The normalized spacial score (nSPS) is 32.1. The van der Waals surface area contributed by atoms with Gasteiger partial charge in [0.15, 0.2) is 11.6 Å². The molecule has 0 spiro atoms. The number of benzene rings is 1. The molecular formula is C31H46F2O2.